The highest BCUT2D eigenvalue weighted by Gasteiger charge is 2.26. The fourth-order valence-corrected chi connectivity index (χ4v) is 3.46. The van der Waals surface area contributed by atoms with E-state index in [1.807, 2.05) is 20.8 Å². The number of halogens is 1. The molecule has 0 atom stereocenters. The average Bonchev–Trinajstić information content (AvgIpc) is 2.36. The van der Waals surface area contributed by atoms with Crippen molar-refractivity contribution in [2.75, 3.05) is 0 Å². The Hall–Kier alpha value is -0.980. The van der Waals surface area contributed by atoms with Crippen molar-refractivity contribution in [3.05, 3.63) is 29.6 Å². The first-order valence-electron chi connectivity index (χ1n) is 7.13. The van der Waals surface area contributed by atoms with Gasteiger partial charge in [0.2, 0.25) is 10.0 Å². The summed E-state index contributed by atoms with van der Waals surface area (Å²) in [6.45, 7) is 9.81. The minimum atomic E-state index is -3.76. The van der Waals surface area contributed by atoms with Crippen LogP contribution < -0.4 is 10.0 Å². The molecule has 4 nitrogen and oxygen atoms in total. The molecule has 0 spiro atoms. The van der Waals surface area contributed by atoms with Crippen LogP contribution >= 0.6 is 0 Å². The van der Waals surface area contributed by atoms with E-state index in [-0.39, 0.29) is 10.9 Å². The Morgan fingerprint density at radius 3 is 2.43 bits per heavy atom. The Morgan fingerprint density at radius 2 is 1.90 bits per heavy atom. The van der Waals surface area contributed by atoms with Crippen LogP contribution in [0.3, 0.4) is 0 Å². The standard InChI is InChI=1S/C15H25FN2O2S/c1-6-15(4,5)18-21(19,20)14-9-13(16)8-7-12(14)10-17-11(2)3/h7-9,11,17-18H,6,10H2,1-5H3. The third kappa shape index (κ3) is 5.37. The highest BCUT2D eigenvalue weighted by molar-refractivity contribution is 7.89. The summed E-state index contributed by atoms with van der Waals surface area (Å²) in [7, 11) is -3.76. The molecular formula is C15H25FN2O2S. The first-order chi connectivity index (χ1) is 9.57. The predicted molar refractivity (Wildman–Crippen MR) is 83.1 cm³/mol. The smallest absolute Gasteiger partial charge is 0.241 e. The number of hydrogen-bond donors (Lipinski definition) is 2. The Bertz CT molecular complexity index is 583. The predicted octanol–water partition coefficient (Wildman–Crippen LogP) is 2.79. The van der Waals surface area contributed by atoms with Gasteiger partial charge in [-0.2, -0.15) is 0 Å². The molecule has 2 N–H and O–H groups in total. The van der Waals surface area contributed by atoms with Crippen LogP contribution in [0, 0.1) is 5.82 Å². The molecule has 0 aromatic heterocycles. The van der Waals surface area contributed by atoms with E-state index in [0.717, 1.165) is 6.07 Å². The molecule has 120 valence electrons. The van der Waals surface area contributed by atoms with E-state index in [1.165, 1.54) is 12.1 Å². The van der Waals surface area contributed by atoms with Crippen LogP contribution in [0.2, 0.25) is 0 Å². The van der Waals surface area contributed by atoms with Gasteiger partial charge in [-0.15, -0.1) is 0 Å². The Morgan fingerprint density at radius 1 is 1.29 bits per heavy atom. The maximum absolute atomic E-state index is 13.5. The van der Waals surface area contributed by atoms with E-state index in [1.54, 1.807) is 13.8 Å². The lowest BCUT2D eigenvalue weighted by Gasteiger charge is -2.25. The quantitative estimate of drug-likeness (QED) is 0.813. The molecule has 21 heavy (non-hydrogen) atoms. The maximum Gasteiger partial charge on any atom is 0.241 e. The number of hydrogen-bond acceptors (Lipinski definition) is 3. The minimum Gasteiger partial charge on any atom is -0.310 e. The second-order valence-electron chi connectivity index (χ2n) is 6.13. The lowest BCUT2D eigenvalue weighted by atomic mass is 10.0. The van der Waals surface area contributed by atoms with Gasteiger partial charge in [-0.1, -0.05) is 26.8 Å². The monoisotopic (exact) mass is 316 g/mol. The molecule has 0 bridgehead atoms. The van der Waals surface area contributed by atoms with E-state index in [9.17, 15) is 12.8 Å². The van der Waals surface area contributed by atoms with Crippen molar-refractivity contribution >= 4 is 10.0 Å². The molecule has 0 amide bonds. The van der Waals surface area contributed by atoms with E-state index in [2.05, 4.69) is 10.0 Å². The molecule has 1 aromatic carbocycles. The van der Waals surface area contributed by atoms with Crippen LogP contribution in [0.5, 0.6) is 0 Å². The molecule has 0 radical (unpaired) electrons. The van der Waals surface area contributed by atoms with E-state index in [0.29, 0.717) is 18.5 Å². The van der Waals surface area contributed by atoms with Gasteiger partial charge in [0, 0.05) is 18.1 Å². The Balaban J connectivity index is 3.17. The molecule has 0 aliphatic heterocycles. The van der Waals surface area contributed by atoms with Crippen LogP contribution in [-0.2, 0) is 16.6 Å². The van der Waals surface area contributed by atoms with Gasteiger partial charge in [0.15, 0.2) is 0 Å². The average molecular weight is 316 g/mol. The largest absolute Gasteiger partial charge is 0.310 e. The molecule has 1 rings (SSSR count). The first kappa shape index (κ1) is 18.1. The lowest BCUT2D eigenvalue weighted by molar-refractivity contribution is 0.438. The van der Waals surface area contributed by atoms with E-state index >= 15 is 0 Å². The summed E-state index contributed by atoms with van der Waals surface area (Å²) < 4.78 is 41.1. The van der Waals surface area contributed by atoms with Crippen molar-refractivity contribution in [3.8, 4) is 0 Å². The second-order valence-corrected chi connectivity index (χ2v) is 7.78. The fourth-order valence-electron chi connectivity index (χ4n) is 1.73. The van der Waals surface area contributed by atoms with Crippen molar-refractivity contribution in [2.45, 2.75) is 64.1 Å². The van der Waals surface area contributed by atoms with Gasteiger partial charge >= 0.3 is 0 Å². The number of benzene rings is 1. The van der Waals surface area contributed by atoms with Crippen molar-refractivity contribution < 1.29 is 12.8 Å². The van der Waals surface area contributed by atoms with Gasteiger partial charge in [0.05, 0.1) is 4.90 Å². The van der Waals surface area contributed by atoms with Crippen LogP contribution in [0.15, 0.2) is 23.1 Å². The van der Waals surface area contributed by atoms with Gasteiger partial charge < -0.3 is 5.32 Å². The summed E-state index contributed by atoms with van der Waals surface area (Å²) in [6, 6.07) is 4.08. The lowest BCUT2D eigenvalue weighted by Crippen LogP contribution is -2.43. The second kappa shape index (κ2) is 6.85. The molecule has 0 aliphatic rings. The fraction of sp³-hybridized carbons (Fsp3) is 0.600. The zero-order chi connectivity index (χ0) is 16.3. The number of nitrogens with one attached hydrogen (secondary N) is 2. The van der Waals surface area contributed by atoms with Crippen LogP contribution in [0.25, 0.3) is 0 Å². The van der Waals surface area contributed by atoms with Gasteiger partial charge in [-0.05, 0) is 38.0 Å². The minimum absolute atomic E-state index is 0.00262. The number of rotatable bonds is 7. The maximum atomic E-state index is 13.5. The van der Waals surface area contributed by atoms with Crippen LogP contribution in [0.1, 0.15) is 46.6 Å². The third-order valence-electron chi connectivity index (χ3n) is 3.31. The van der Waals surface area contributed by atoms with Crippen molar-refractivity contribution in [2.24, 2.45) is 0 Å². The third-order valence-corrected chi connectivity index (χ3v) is 5.09. The summed E-state index contributed by atoms with van der Waals surface area (Å²) in [6.07, 6.45) is 0.640. The van der Waals surface area contributed by atoms with Crippen molar-refractivity contribution in [1.29, 1.82) is 0 Å². The van der Waals surface area contributed by atoms with E-state index < -0.39 is 21.4 Å². The molecule has 6 heteroatoms. The summed E-state index contributed by atoms with van der Waals surface area (Å²) in [5.41, 5.74) is -0.0158. The molecular weight excluding hydrogens is 291 g/mol. The SMILES string of the molecule is CCC(C)(C)NS(=O)(=O)c1cc(F)ccc1CNC(C)C. The van der Waals surface area contributed by atoms with E-state index in [4.69, 9.17) is 0 Å². The summed E-state index contributed by atoms with van der Waals surface area (Å²) in [5, 5.41) is 3.16. The zero-order valence-electron chi connectivity index (χ0n) is 13.3. The Labute approximate surface area is 127 Å². The van der Waals surface area contributed by atoms with Gasteiger partial charge in [-0.25, -0.2) is 17.5 Å². The first-order valence-corrected chi connectivity index (χ1v) is 8.61. The topological polar surface area (TPSA) is 58.2 Å². The Kier molecular flexibility index (Phi) is 5.90. The summed E-state index contributed by atoms with van der Waals surface area (Å²) in [5.74, 6) is -0.557. The molecule has 1 aromatic rings. The zero-order valence-corrected chi connectivity index (χ0v) is 14.1. The molecule has 0 aliphatic carbocycles. The van der Waals surface area contributed by atoms with Gasteiger partial charge in [0.1, 0.15) is 5.82 Å². The molecule has 0 saturated heterocycles. The summed E-state index contributed by atoms with van der Waals surface area (Å²) >= 11 is 0. The normalized spacial score (nSPS) is 12.9. The molecule has 0 fully saturated rings. The van der Waals surface area contributed by atoms with Crippen molar-refractivity contribution in [1.82, 2.24) is 10.0 Å². The van der Waals surface area contributed by atoms with Crippen LogP contribution in [-0.4, -0.2) is 20.0 Å². The van der Waals surface area contributed by atoms with Crippen molar-refractivity contribution in [3.63, 3.8) is 0 Å². The number of sulfonamides is 1. The highest BCUT2D eigenvalue weighted by atomic mass is 32.2. The molecule has 0 saturated carbocycles. The van der Waals surface area contributed by atoms with Gasteiger partial charge in [-0.3, -0.25) is 0 Å². The van der Waals surface area contributed by atoms with Crippen LogP contribution in [0.4, 0.5) is 4.39 Å². The molecule has 0 unspecified atom stereocenters. The summed E-state index contributed by atoms with van der Waals surface area (Å²) in [4.78, 5) is -0.00262. The highest BCUT2D eigenvalue weighted by Crippen LogP contribution is 2.20. The molecule has 0 heterocycles. The van der Waals surface area contributed by atoms with Gasteiger partial charge in [0.25, 0.3) is 0 Å².